The van der Waals surface area contributed by atoms with Crippen molar-refractivity contribution in [1.29, 1.82) is 0 Å². The van der Waals surface area contributed by atoms with Gasteiger partial charge in [-0.05, 0) is 45.2 Å². The fraction of sp³-hybridized carbons (Fsp3) is 0.0732. The minimum Gasteiger partial charge on any atom is -0.278 e. The maximum atomic E-state index is 5.38. The van der Waals surface area contributed by atoms with Crippen molar-refractivity contribution in [2.75, 3.05) is 0 Å². The molecule has 1 aliphatic carbocycles. The average molecular weight is 564 g/mol. The molecule has 3 heteroatoms. The predicted molar refractivity (Wildman–Crippen MR) is 182 cm³/mol. The number of nitrogens with zero attached hydrogens (tertiary/aromatic N) is 3. The summed E-state index contributed by atoms with van der Waals surface area (Å²) in [5.74, 6) is 0.695. The molecule has 0 unspecified atom stereocenters. The van der Waals surface area contributed by atoms with Gasteiger partial charge in [0.2, 0.25) is 5.95 Å². The maximum Gasteiger partial charge on any atom is 0.235 e. The number of hydrogen-bond donors (Lipinski definition) is 0. The number of para-hydroxylation sites is 2. The van der Waals surface area contributed by atoms with Crippen LogP contribution in [0.1, 0.15) is 25.0 Å². The maximum absolute atomic E-state index is 5.38. The second-order valence-electron chi connectivity index (χ2n) is 12.2. The lowest BCUT2D eigenvalue weighted by Crippen LogP contribution is -2.15. The topological polar surface area (TPSA) is 30.7 Å². The van der Waals surface area contributed by atoms with E-state index in [0.29, 0.717) is 5.95 Å². The highest BCUT2D eigenvalue weighted by molar-refractivity contribution is 6.04. The Morgan fingerprint density at radius 3 is 1.95 bits per heavy atom. The molecule has 0 saturated heterocycles. The second kappa shape index (κ2) is 9.23. The number of fused-ring (bicyclic) bond motifs is 8. The molecule has 0 spiro atoms. The molecular formula is C41H29N3. The average Bonchev–Trinajstić information content (AvgIpc) is 3.55. The third-order valence-corrected chi connectivity index (χ3v) is 9.37. The summed E-state index contributed by atoms with van der Waals surface area (Å²) >= 11 is 0. The molecule has 0 saturated carbocycles. The molecule has 0 amide bonds. The Kier molecular flexibility index (Phi) is 5.24. The van der Waals surface area contributed by atoms with Gasteiger partial charge in [0, 0.05) is 27.3 Å². The van der Waals surface area contributed by atoms with E-state index in [1.807, 2.05) is 0 Å². The van der Waals surface area contributed by atoms with Gasteiger partial charge in [0.1, 0.15) is 0 Å². The van der Waals surface area contributed by atoms with E-state index >= 15 is 0 Å². The molecule has 8 aromatic rings. The predicted octanol–water partition coefficient (Wildman–Crippen LogP) is 10.4. The van der Waals surface area contributed by atoms with Crippen molar-refractivity contribution in [3.05, 3.63) is 151 Å². The summed E-state index contributed by atoms with van der Waals surface area (Å²) in [6.07, 6.45) is 0. The lowest BCUT2D eigenvalue weighted by atomic mass is 9.79. The van der Waals surface area contributed by atoms with Crippen LogP contribution in [0.25, 0.3) is 72.2 Å². The Morgan fingerprint density at radius 1 is 0.500 bits per heavy atom. The van der Waals surface area contributed by atoms with Gasteiger partial charge in [0.05, 0.1) is 22.4 Å². The van der Waals surface area contributed by atoms with Crippen molar-refractivity contribution in [3.63, 3.8) is 0 Å². The highest BCUT2D eigenvalue weighted by atomic mass is 15.2. The molecule has 6 aromatic carbocycles. The molecule has 0 fully saturated rings. The molecule has 0 radical (unpaired) electrons. The molecule has 208 valence electrons. The van der Waals surface area contributed by atoms with Gasteiger partial charge in [-0.2, -0.15) is 0 Å². The summed E-state index contributed by atoms with van der Waals surface area (Å²) < 4.78 is 2.31. The van der Waals surface area contributed by atoms with Crippen molar-refractivity contribution < 1.29 is 0 Å². The number of hydrogen-bond acceptors (Lipinski definition) is 2. The summed E-state index contributed by atoms with van der Waals surface area (Å²) in [7, 11) is 0. The largest absolute Gasteiger partial charge is 0.278 e. The van der Waals surface area contributed by atoms with Crippen LogP contribution < -0.4 is 0 Å². The number of rotatable bonds is 3. The van der Waals surface area contributed by atoms with Crippen molar-refractivity contribution >= 4 is 32.6 Å². The lowest BCUT2D eigenvalue weighted by molar-refractivity contribution is 0.672. The van der Waals surface area contributed by atoms with E-state index in [1.165, 1.54) is 49.7 Å². The molecular weight excluding hydrogens is 534 g/mol. The van der Waals surface area contributed by atoms with Crippen LogP contribution in [0.2, 0.25) is 0 Å². The molecule has 1 aliphatic rings. The normalized spacial score (nSPS) is 13.4. The quantitative estimate of drug-likeness (QED) is 0.214. The van der Waals surface area contributed by atoms with Crippen LogP contribution in [0, 0.1) is 0 Å². The molecule has 0 bridgehead atoms. The summed E-state index contributed by atoms with van der Waals surface area (Å²) in [5.41, 5.74) is 11.4. The van der Waals surface area contributed by atoms with E-state index in [0.717, 1.165) is 27.7 Å². The highest BCUT2D eigenvalue weighted by Crippen LogP contribution is 2.55. The van der Waals surface area contributed by atoms with E-state index in [1.54, 1.807) is 0 Å². The monoisotopic (exact) mass is 563 g/mol. The first-order valence-corrected chi connectivity index (χ1v) is 15.2. The minimum absolute atomic E-state index is 0.191. The van der Waals surface area contributed by atoms with Crippen molar-refractivity contribution in [1.82, 2.24) is 14.5 Å². The molecule has 9 rings (SSSR count). The fourth-order valence-electron chi connectivity index (χ4n) is 7.44. The zero-order valence-electron chi connectivity index (χ0n) is 24.6. The zero-order valence-corrected chi connectivity index (χ0v) is 24.6. The van der Waals surface area contributed by atoms with E-state index in [2.05, 4.69) is 158 Å². The van der Waals surface area contributed by atoms with Crippen LogP contribution in [-0.2, 0) is 5.41 Å². The van der Waals surface area contributed by atoms with Crippen LogP contribution >= 0.6 is 0 Å². The summed E-state index contributed by atoms with van der Waals surface area (Å²) in [6.45, 7) is 4.73. The molecule has 2 aromatic heterocycles. The van der Waals surface area contributed by atoms with Crippen molar-refractivity contribution in [2.24, 2.45) is 0 Å². The van der Waals surface area contributed by atoms with Gasteiger partial charge in [-0.3, -0.25) is 4.57 Å². The summed E-state index contributed by atoms with van der Waals surface area (Å²) in [4.78, 5) is 10.6. The van der Waals surface area contributed by atoms with Crippen molar-refractivity contribution in [2.45, 2.75) is 19.3 Å². The molecule has 0 aliphatic heterocycles. The van der Waals surface area contributed by atoms with E-state index in [4.69, 9.17) is 9.97 Å². The SMILES string of the molecule is CC1(C)c2c(ccc3ccccc23)-c2c1c1ccccc1n2-c1nc(-c2ccc(-c3ccccc3)cc2)c2ccccc2n1. The Bertz CT molecular complexity index is 2400. The first-order chi connectivity index (χ1) is 21.6. The first kappa shape index (κ1) is 25.0. The Morgan fingerprint density at radius 2 is 1.14 bits per heavy atom. The van der Waals surface area contributed by atoms with E-state index in [9.17, 15) is 0 Å². The van der Waals surface area contributed by atoms with E-state index in [-0.39, 0.29) is 5.41 Å². The minimum atomic E-state index is -0.191. The molecule has 0 atom stereocenters. The second-order valence-corrected chi connectivity index (χ2v) is 12.2. The number of benzene rings is 6. The standard InChI is InChI=1S/C41H29N3/c1-41(2)36-30-15-7-6-14-28(30)24-25-33(36)39-37(41)32-17-9-11-19-35(32)44(39)40-42-34-18-10-8-16-31(34)38(43-40)29-22-20-27(21-23-29)26-12-4-3-5-13-26/h3-25H,1-2H3. The van der Waals surface area contributed by atoms with Gasteiger partial charge >= 0.3 is 0 Å². The first-order valence-electron chi connectivity index (χ1n) is 15.2. The zero-order chi connectivity index (χ0) is 29.4. The summed E-state index contributed by atoms with van der Waals surface area (Å²) in [5, 5.41) is 4.87. The van der Waals surface area contributed by atoms with Crippen LogP contribution in [0.15, 0.2) is 140 Å². The Balaban J connectivity index is 1.33. The molecule has 44 heavy (non-hydrogen) atoms. The fourth-order valence-corrected chi connectivity index (χ4v) is 7.44. The Labute approximate surface area is 256 Å². The smallest absolute Gasteiger partial charge is 0.235 e. The third-order valence-electron chi connectivity index (χ3n) is 9.37. The van der Waals surface area contributed by atoms with E-state index < -0.39 is 0 Å². The molecule has 0 N–H and O–H groups in total. The highest BCUT2D eigenvalue weighted by Gasteiger charge is 2.42. The van der Waals surface area contributed by atoms with Gasteiger partial charge in [-0.15, -0.1) is 0 Å². The lowest BCUT2D eigenvalue weighted by Gasteiger charge is -2.23. The third kappa shape index (κ3) is 3.50. The summed E-state index contributed by atoms with van der Waals surface area (Å²) in [6, 6.07) is 49.6. The van der Waals surface area contributed by atoms with Gasteiger partial charge in [-0.1, -0.05) is 141 Å². The van der Waals surface area contributed by atoms with Crippen LogP contribution in [0.4, 0.5) is 0 Å². The van der Waals surface area contributed by atoms with Gasteiger partial charge in [0.15, 0.2) is 0 Å². The molecule has 3 nitrogen and oxygen atoms in total. The van der Waals surface area contributed by atoms with Crippen LogP contribution in [0.5, 0.6) is 0 Å². The van der Waals surface area contributed by atoms with Crippen LogP contribution in [-0.4, -0.2) is 14.5 Å². The molecule has 2 heterocycles. The number of aromatic nitrogens is 3. The van der Waals surface area contributed by atoms with Gasteiger partial charge in [0.25, 0.3) is 0 Å². The van der Waals surface area contributed by atoms with Crippen molar-refractivity contribution in [3.8, 4) is 39.6 Å². The van der Waals surface area contributed by atoms with Gasteiger partial charge in [-0.25, -0.2) is 9.97 Å². The Hall–Kier alpha value is -5.54. The van der Waals surface area contributed by atoms with Crippen LogP contribution in [0.3, 0.4) is 0 Å². The van der Waals surface area contributed by atoms with Gasteiger partial charge < -0.3 is 0 Å².